The minimum atomic E-state index is -0.246. The van der Waals surface area contributed by atoms with Crippen LogP contribution < -0.4 is 0 Å². The fraction of sp³-hybridized carbons (Fsp3) is 0.333. The number of terminal acetylenes is 1. The Balaban J connectivity index is 2.46. The quantitative estimate of drug-likeness (QED) is 0.743. The van der Waals surface area contributed by atoms with Crippen LogP contribution in [0.1, 0.15) is 24.5 Å². The molecule has 0 saturated carbocycles. The Morgan fingerprint density at radius 1 is 1.26 bits per heavy atom. The molecule has 1 aromatic rings. The van der Waals surface area contributed by atoms with Crippen molar-refractivity contribution in [1.29, 1.82) is 0 Å². The summed E-state index contributed by atoms with van der Waals surface area (Å²) in [5, 5.41) is 0. The molecule has 2 rings (SSSR count). The average Bonchev–Trinajstić information content (AvgIpc) is 2.48. The van der Waals surface area contributed by atoms with Gasteiger partial charge in [-0.25, -0.2) is 0 Å². The summed E-state index contributed by atoms with van der Waals surface area (Å²) in [4.78, 5) is 0. The lowest BCUT2D eigenvalue weighted by molar-refractivity contribution is 0.0883. The summed E-state index contributed by atoms with van der Waals surface area (Å²) < 4.78 is 5.64. The fourth-order valence-electron chi connectivity index (χ4n) is 2.69. The monoisotopic (exact) mass is 252 g/mol. The van der Waals surface area contributed by atoms with E-state index in [0.717, 1.165) is 6.42 Å². The molecule has 1 aliphatic rings. The Bertz CT molecular complexity index is 516. The van der Waals surface area contributed by atoms with E-state index in [4.69, 9.17) is 11.2 Å². The first kappa shape index (κ1) is 13.6. The van der Waals surface area contributed by atoms with Crippen molar-refractivity contribution in [2.45, 2.75) is 31.3 Å². The summed E-state index contributed by atoms with van der Waals surface area (Å²) in [6.07, 6.45) is 15.6. The van der Waals surface area contributed by atoms with Gasteiger partial charge in [0.15, 0.2) is 0 Å². The maximum Gasteiger partial charge on any atom is 0.0895 e. The Morgan fingerprint density at radius 3 is 2.58 bits per heavy atom. The van der Waals surface area contributed by atoms with Gasteiger partial charge in [-0.3, -0.25) is 0 Å². The molecule has 0 saturated heterocycles. The van der Waals surface area contributed by atoms with Crippen molar-refractivity contribution >= 4 is 0 Å². The summed E-state index contributed by atoms with van der Waals surface area (Å²) in [7, 11) is 1.74. The number of hydrogen-bond acceptors (Lipinski definition) is 1. The average molecular weight is 252 g/mol. The molecule has 1 nitrogen and oxygen atoms in total. The van der Waals surface area contributed by atoms with Gasteiger partial charge in [0.05, 0.1) is 11.5 Å². The van der Waals surface area contributed by atoms with Crippen molar-refractivity contribution in [1.82, 2.24) is 0 Å². The Hall–Kier alpha value is -1.78. The van der Waals surface area contributed by atoms with Crippen LogP contribution in [-0.2, 0) is 16.6 Å². The Labute approximate surface area is 116 Å². The van der Waals surface area contributed by atoms with E-state index in [2.05, 4.69) is 55.3 Å². The highest BCUT2D eigenvalue weighted by atomic mass is 16.5. The number of allylic oxidation sites excluding steroid dienone is 2. The van der Waals surface area contributed by atoms with E-state index in [0.29, 0.717) is 6.42 Å². The summed E-state index contributed by atoms with van der Waals surface area (Å²) in [6, 6.07) is 8.69. The third-order valence-corrected chi connectivity index (χ3v) is 3.85. The van der Waals surface area contributed by atoms with E-state index in [1.165, 1.54) is 11.1 Å². The van der Waals surface area contributed by atoms with Crippen molar-refractivity contribution in [3.8, 4) is 12.3 Å². The van der Waals surface area contributed by atoms with E-state index in [1.54, 1.807) is 7.11 Å². The van der Waals surface area contributed by atoms with Crippen molar-refractivity contribution in [2.75, 3.05) is 7.11 Å². The number of methoxy groups -OCH3 is 1. The summed E-state index contributed by atoms with van der Waals surface area (Å²) in [5.41, 5.74) is 2.31. The van der Waals surface area contributed by atoms with Gasteiger partial charge in [0.2, 0.25) is 0 Å². The molecule has 0 bridgehead atoms. The van der Waals surface area contributed by atoms with Crippen molar-refractivity contribution in [3.05, 3.63) is 59.7 Å². The second-order valence-electron chi connectivity index (χ2n) is 4.87. The first-order valence-corrected chi connectivity index (χ1v) is 6.68. The molecule has 0 aliphatic heterocycles. The Morgan fingerprint density at radius 2 is 2.00 bits per heavy atom. The van der Waals surface area contributed by atoms with Gasteiger partial charge in [-0.1, -0.05) is 55.5 Å². The molecule has 0 spiro atoms. The van der Waals surface area contributed by atoms with Crippen LogP contribution in [0.4, 0.5) is 0 Å². The number of hydrogen-bond donors (Lipinski definition) is 0. The summed E-state index contributed by atoms with van der Waals surface area (Å²) in [6.45, 7) is 2.16. The SMILES string of the molecule is C#CCC1(c2ccc(CC)cc2)C=CC=CC1OC. The molecule has 0 radical (unpaired) electrons. The number of benzene rings is 1. The van der Waals surface area contributed by atoms with Gasteiger partial charge in [0, 0.05) is 13.5 Å². The van der Waals surface area contributed by atoms with Gasteiger partial charge in [-0.15, -0.1) is 12.3 Å². The number of aryl methyl sites for hydroxylation is 1. The molecular weight excluding hydrogens is 232 g/mol. The normalized spacial score (nSPS) is 25.2. The molecular formula is C18H20O. The van der Waals surface area contributed by atoms with Crippen molar-refractivity contribution in [3.63, 3.8) is 0 Å². The molecule has 2 atom stereocenters. The molecule has 1 aliphatic carbocycles. The van der Waals surface area contributed by atoms with Crippen LogP contribution in [0.25, 0.3) is 0 Å². The Kier molecular flexibility index (Phi) is 4.24. The van der Waals surface area contributed by atoms with Gasteiger partial charge in [-0.2, -0.15) is 0 Å². The summed E-state index contributed by atoms with van der Waals surface area (Å²) in [5.74, 6) is 2.80. The van der Waals surface area contributed by atoms with Crippen LogP contribution in [0.15, 0.2) is 48.6 Å². The van der Waals surface area contributed by atoms with E-state index in [-0.39, 0.29) is 11.5 Å². The maximum atomic E-state index is 5.64. The smallest absolute Gasteiger partial charge is 0.0895 e. The lowest BCUT2D eigenvalue weighted by Crippen LogP contribution is -2.39. The fourth-order valence-corrected chi connectivity index (χ4v) is 2.69. The van der Waals surface area contributed by atoms with Gasteiger partial charge in [0.25, 0.3) is 0 Å². The molecule has 19 heavy (non-hydrogen) atoms. The predicted octanol–water partition coefficient (Wildman–Crippen LogP) is 3.65. The van der Waals surface area contributed by atoms with Crippen LogP contribution >= 0.6 is 0 Å². The molecule has 98 valence electrons. The lowest BCUT2D eigenvalue weighted by atomic mass is 9.71. The van der Waals surface area contributed by atoms with Crippen molar-refractivity contribution in [2.24, 2.45) is 0 Å². The topological polar surface area (TPSA) is 9.23 Å². The zero-order valence-corrected chi connectivity index (χ0v) is 11.6. The molecule has 0 amide bonds. The zero-order valence-electron chi connectivity index (χ0n) is 11.6. The first-order valence-electron chi connectivity index (χ1n) is 6.68. The number of ether oxygens (including phenoxy) is 1. The molecule has 0 heterocycles. The standard InChI is InChI=1S/C18H20O/c1-4-13-18(14-7-6-8-17(18)19-3)16-11-9-15(5-2)10-12-16/h1,6-12,14,17H,5,13H2,2-3H3. The summed E-state index contributed by atoms with van der Waals surface area (Å²) >= 11 is 0. The van der Waals surface area contributed by atoms with E-state index < -0.39 is 0 Å². The van der Waals surface area contributed by atoms with Gasteiger partial charge in [-0.05, 0) is 17.5 Å². The lowest BCUT2D eigenvalue weighted by Gasteiger charge is -2.37. The third-order valence-electron chi connectivity index (χ3n) is 3.85. The van der Waals surface area contributed by atoms with Crippen LogP contribution in [-0.4, -0.2) is 13.2 Å². The molecule has 1 heteroatoms. The molecule has 2 unspecified atom stereocenters. The third kappa shape index (κ3) is 2.50. The first-order chi connectivity index (χ1) is 9.26. The van der Waals surface area contributed by atoms with Crippen LogP contribution in [0.5, 0.6) is 0 Å². The van der Waals surface area contributed by atoms with Gasteiger partial charge >= 0.3 is 0 Å². The second kappa shape index (κ2) is 5.91. The van der Waals surface area contributed by atoms with Crippen LogP contribution in [0.2, 0.25) is 0 Å². The van der Waals surface area contributed by atoms with Crippen LogP contribution in [0, 0.1) is 12.3 Å². The zero-order chi connectivity index (χ0) is 13.7. The maximum absolute atomic E-state index is 5.64. The highest BCUT2D eigenvalue weighted by molar-refractivity contribution is 5.41. The molecule has 0 N–H and O–H groups in total. The minimum absolute atomic E-state index is 0.0129. The minimum Gasteiger partial charge on any atom is -0.376 e. The highest BCUT2D eigenvalue weighted by Crippen LogP contribution is 2.37. The van der Waals surface area contributed by atoms with Gasteiger partial charge in [0.1, 0.15) is 0 Å². The van der Waals surface area contributed by atoms with Crippen LogP contribution in [0.3, 0.4) is 0 Å². The molecule has 0 fully saturated rings. The molecule has 0 aromatic heterocycles. The van der Waals surface area contributed by atoms with Crippen molar-refractivity contribution < 1.29 is 4.74 Å². The second-order valence-corrected chi connectivity index (χ2v) is 4.87. The largest absolute Gasteiger partial charge is 0.376 e. The molecule has 1 aromatic carbocycles. The van der Waals surface area contributed by atoms with E-state index in [1.807, 2.05) is 6.08 Å². The highest BCUT2D eigenvalue weighted by Gasteiger charge is 2.37. The van der Waals surface area contributed by atoms with Gasteiger partial charge < -0.3 is 4.74 Å². The predicted molar refractivity (Wildman–Crippen MR) is 80.0 cm³/mol. The van der Waals surface area contributed by atoms with E-state index in [9.17, 15) is 0 Å². The number of rotatable bonds is 4. The van der Waals surface area contributed by atoms with E-state index >= 15 is 0 Å².